The number of ether oxygens (including phenoxy) is 2. The van der Waals surface area contributed by atoms with Gasteiger partial charge in [0.05, 0.1) is 6.61 Å². The molecule has 25 heavy (non-hydrogen) atoms. The van der Waals surface area contributed by atoms with Gasteiger partial charge >= 0.3 is 0 Å². The monoisotopic (exact) mass is 481 g/mol. The number of rotatable bonds is 10. The van der Waals surface area contributed by atoms with Gasteiger partial charge in [-0.15, -0.1) is 24.0 Å². The SMILES string of the molecule is CCOc1cc(Cl)ccc1CNC(=NC)NCCCOCC1CC1.I. The summed E-state index contributed by atoms with van der Waals surface area (Å²) in [7, 11) is 1.77. The van der Waals surface area contributed by atoms with Gasteiger partial charge in [0, 0.05) is 43.9 Å². The molecule has 142 valence electrons. The number of aliphatic imine (C=N–C) groups is 1. The molecule has 1 aromatic carbocycles. The van der Waals surface area contributed by atoms with Crippen molar-refractivity contribution in [2.24, 2.45) is 10.9 Å². The number of hydrogen-bond donors (Lipinski definition) is 2. The highest BCUT2D eigenvalue weighted by Gasteiger charge is 2.20. The fraction of sp³-hybridized carbons (Fsp3) is 0.611. The van der Waals surface area contributed by atoms with Crippen molar-refractivity contribution in [1.29, 1.82) is 0 Å². The van der Waals surface area contributed by atoms with E-state index in [9.17, 15) is 0 Å². The Morgan fingerprint density at radius 3 is 2.80 bits per heavy atom. The minimum atomic E-state index is 0. The fourth-order valence-corrected chi connectivity index (χ4v) is 2.44. The summed E-state index contributed by atoms with van der Waals surface area (Å²) < 4.78 is 11.3. The molecule has 0 heterocycles. The Morgan fingerprint density at radius 2 is 2.12 bits per heavy atom. The second kappa shape index (κ2) is 12.6. The van der Waals surface area contributed by atoms with E-state index in [0.717, 1.165) is 49.4 Å². The van der Waals surface area contributed by atoms with Crippen molar-refractivity contribution < 1.29 is 9.47 Å². The highest BCUT2D eigenvalue weighted by Crippen LogP contribution is 2.28. The molecule has 1 aliphatic rings. The molecular weight excluding hydrogens is 453 g/mol. The second-order valence-electron chi connectivity index (χ2n) is 5.91. The molecule has 1 saturated carbocycles. The van der Waals surface area contributed by atoms with Gasteiger partial charge in [-0.3, -0.25) is 4.99 Å². The van der Waals surface area contributed by atoms with E-state index in [1.54, 1.807) is 7.05 Å². The molecule has 0 spiro atoms. The Kier molecular flexibility index (Phi) is 11.2. The molecule has 2 rings (SSSR count). The van der Waals surface area contributed by atoms with Crippen LogP contribution in [0.1, 0.15) is 31.7 Å². The molecule has 1 fully saturated rings. The van der Waals surface area contributed by atoms with Gasteiger partial charge in [-0.25, -0.2) is 0 Å². The van der Waals surface area contributed by atoms with E-state index in [1.807, 2.05) is 25.1 Å². The molecule has 0 radical (unpaired) electrons. The van der Waals surface area contributed by atoms with E-state index in [1.165, 1.54) is 12.8 Å². The standard InChI is InChI=1S/C18H28ClN3O2.HI/c1-3-24-17-11-16(19)8-7-15(17)12-22-18(20-2)21-9-4-10-23-13-14-5-6-14;/h7-8,11,14H,3-6,9-10,12-13H2,1-2H3,(H2,20,21,22);1H. The predicted octanol–water partition coefficient (Wildman–Crippen LogP) is 3.84. The van der Waals surface area contributed by atoms with Gasteiger partial charge < -0.3 is 20.1 Å². The third kappa shape index (κ3) is 8.96. The summed E-state index contributed by atoms with van der Waals surface area (Å²) in [4.78, 5) is 4.24. The first-order valence-electron chi connectivity index (χ1n) is 8.66. The van der Waals surface area contributed by atoms with Gasteiger partial charge in [0.2, 0.25) is 0 Å². The van der Waals surface area contributed by atoms with Crippen molar-refractivity contribution in [3.63, 3.8) is 0 Å². The van der Waals surface area contributed by atoms with Gasteiger partial charge in [-0.1, -0.05) is 17.7 Å². The van der Waals surface area contributed by atoms with Crippen molar-refractivity contribution in [2.75, 3.05) is 33.4 Å². The highest BCUT2D eigenvalue weighted by molar-refractivity contribution is 14.0. The van der Waals surface area contributed by atoms with Crippen LogP contribution in [0.25, 0.3) is 0 Å². The van der Waals surface area contributed by atoms with E-state index in [-0.39, 0.29) is 24.0 Å². The van der Waals surface area contributed by atoms with Gasteiger partial charge in [0.25, 0.3) is 0 Å². The molecule has 5 nitrogen and oxygen atoms in total. The summed E-state index contributed by atoms with van der Waals surface area (Å²) in [6.07, 6.45) is 3.64. The molecule has 0 unspecified atom stereocenters. The van der Waals surface area contributed by atoms with Crippen LogP contribution in [-0.2, 0) is 11.3 Å². The third-order valence-corrected chi connectivity index (χ3v) is 4.04. The van der Waals surface area contributed by atoms with E-state index in [0.29, 0.717) is 18.2 Å². The lowest BCUT2D eigenvalue weighted by Crippen LogP contribution is -2.37. The third-order valence-electron chi connectivity index (χ3n) is 3.81. The van der Waals surface area contributed by atoms with Crippen molar-refractivity contribution in [3.05, 3.63) is 28.8 Å². The normalized spacial score (nSPS) is 14.0. The van der Waals surface area contributed by atoms with Crippen molar-refractivity contribution in [3.8, 4) is 5.75 Å². The molecule has 0 saturated heterocycles. The molecule has 0 aromatic heterocycles. The molecule has 1 aliphatic carbocycles. The van der Waals surface area contributed by atoms with Gasteiger partial charge in [0.15, 0.2) is 5.96 Å². The number of halogens is 2. The van der Waals surface area contributed by atoms with E-state index in [2.05, 4.69) is 15.6 Å². The molecule has 1 aromatic rings. The quantitative estimate of drug-likeness (QED) is 0.231. The average Bonchev–Trinajstić information content (AvgIpc) is 3.39. The largest absolute Gasteiger partial charge is 0.493 e. The first-order chi connectivity index (χ1) is 11.7. The molecular formula is C18H29ClIN3O2. The van der Waals surface area contributed by atoms with Crippen LogP contribution in [0.2, 0.25) is 5.02 Å². The molecule has 0 amide bonds. The Bertz CT molecular complexity index is 539. The predicted molar refractivity (Wildman–Crippen MR) is 114 cm³/mol. The number of guanidine groups is 1. The number of hydrogen-bond acceptors (Lipinski definition) is 3. The second-order valence-corrected chi connectivity index (χ2v) is 6.35. The molecule has 2 N–H and O–H groups in total. The zero-order valence-corrected chi connectivity index (χ0v) is 18.1. The molecule has 0 bridgehead atoms. The smallest absolute Gasteiger partial charge is 0.191 e. The zero-order valence-electron chi connectivity index (χ0n) is 15.0. The van der Waals surface area contributed by atoms with E-state index < -0.39 is 0 Å². The minimum Gasteiger partial charge on any atom is -0.493 e. The summed E-state index contributed by atoms with van der Waals surface area (Å²) in [5.74, 6) is 2.40. The average molecular weight is 482 g/mol. The first kappa shape index (κ1) is 22.3. The maximum absolute atomic E-state index is 6.03. The van der Waals surface area contributed by atoms with Crippen LogP contribution >= 0.6 is 35.6 Å². The maximum atomic E-state index is 6.03. The lowest BCUT2D eigenvalue weighted by atomic mass is 10.2. The van der Waals surface area contributed by atoms with Crippen LogP contribution < -0.4 is 15.4 Å². The van der Waals surface area contributed by atoms with Crippen LogP contribution in [0.5, 0.6) is 5.75 Å². The van der Waals surface area contributed by atoms with E-state index in [4.69, 9.17) is 21.1 Å². The maximum Gasteiger partial charge on any atom is 0.191 e. The number of nitrogens with zero attached hydrogens (tertiary/aromatic N) is 1. The van der Waals surface area contributed by atoms with Crippen molar-refractivity contribution >= 4 is 41.5 Å². The Hall–Kier alpha value is -0.730. The summed E-state index contributed by atoms with van der Waals surface area (Å²) in [5, 5.41) is 7.27. The Morgan fingerprint density at radius 1 is 1.32 bits per heavy atom. The summed E-state index contributed by atoms with van der Waals surface area (Å²) in [5.41, 5.74) is 1.05. The van der Waals surface area contributed by atoms with Crippen molar-refractivity contribution in [2.45, 2.75) is 32.7 Å². The van der Waals surface area contributed by atoms with Crippen molar-refractivity contribution in [1.82, 2.24) is 10.6 Å². The van der Waals surface area contributed by atoms with Crippen LogP contribution in [0.3, 0.4) is 0 Å². The fourth-order valence-electron chi connectivity index (χ4n) is 2.28. The summed E-state index contributed by atoms with van der Waals surface area (Å²) in [6.45, 7) is 5.76. The van der Waals surface area contributed by atoms with Crippen LogP contribution in [0, 0.1) is 5.92 Å². The van der Waals surface area contributed by atoms with Crippen LogP contribution in [-0.4, -0.2) is 39.4 Å². The Balaban J connectivity index is 0.00000312. The zero-order chi connectivity index (χ0) is 17.2. The first-order valence-corrected chi connectivity index (χ1v) is 9.04. The van der Waals surface area contributed by atoms with E-state index >= 15 is 0 Å². The highest BCUT2D eigenvalue weighted by atomic mass is 127. The minimum absolute atomic E-state index is 0. The lowest BCUT2D eigenvalue weighted by Gasteiger charge is -2.14. The van der Waals surface area contributed by atoms with Gasteiger partial charge in [0.1, 0.15) is 5.75 Å². The number of nitrogens with one attached hydrogen (secondary N) is 2. The lowest BCUT2D eigenvalue weighted by molar-refractivity contribution is 0.123. The van der Waals surface area contributed by atoms with Crippen LogP contribution in [0.15, 0.2) is 23.2 Å². The molecule has 0 aliphatic heterocycles. The van der Waals surface area contributed by atoms with Gasteiger partial charge in [-0.2, -0.15) is 0 Å². The summed E-state index contributed by atoms with van der Waals surface area (Å²) >= 11 is 6.03. The molecule has 0 atom stereocenters. The summed E-state index contributed by atoms with van der Waals surface area (Å²) in [6, 6.07) is 5.68. The molecule has 7 heteroatoms. The Labute approximate surface area is 172 Å². The van der Waals surface area contributed by atoms with Gasteiger partial charge in [-0.05, 0) is 44.2 Å². The topological polar surface area (TPSA) is 54.9 Å². The number of benzene rings is 1. The van der Waals surface area contributed by atoms with Crippen LogP contribution in [0.4, 0.5) is 0 Å².